The van der Waals surface area contributed by atoms with Crippen molar-refractivity contribution < 1.29 is 0 Å². The lowest BCUT2D eigenvalue weighted by Crippen LogP contribution is -2.38. The molecule has 0 aromatic heterocycles. The van der Waals surface area contributed by atoms with Crippen LogP contribution in [0.25, 0.3) is 16.7 Å². The molecule has 4 unspecified atom stereocenters. The Bertz CT molecular complexity index is 1870. The Hall–Kier alpha value is -3.79. The number of nitrogens with one attached hydrogen (secondary N) is 1. The van der Waals surface area contributed by atoms with Crippen molar-refractivity contribution in [1.29, 1.82) is 0 Å². The topological polar surface area (TPSA) is 15.3 Å². The van der Waals surface area contributed by atoms with Gasteiger partial charge < -0.3 is 10.2 Å². The first kappa shape index (κ1) is 29.6. The Morgan fingerprint density at radius 3 is 2.57 bits per heavy atom. The van der Waals surface area contributed by atoms with E-state index in [0.717, 1.165) is 38.6 Å². The van der Waals surface area contributed by atoms with Crippen LogP contribution in [0.2, 0.25) is 0 Å². The highest BCUT2D eigenvalue weighted by Crippen LogP contribution is 2.50. The minimum atomic E-state index is -0.0658. The van der Waals surface area contributed by atoms with Crippen molar-refractivity contribution in [3.8, 4) is 11.1 Å². The second-order valence-corrected chi connectivity index (χ2v) is 14.7. The lowest BCUT2D eigenvalue weighted by Gasteiger charge is -2.38. The molecule has 4 atom stereocenters. The average molecular weight is 621 g/mol. The summed E-state index contributed by atoms with van der Waals surface area (Å²) in [6.07, 6.45) is 30.7. The van der Waals surface area contributed by atoms with Crippen LogP contribution >= 0.6 is 12.6 Å². The summed E-state index contributed by atoms with van der Waals surface area (Å²) in [5.41, 5.74) is 15.4. The molecule has 1 heterocycles. The van der Waals surface area contributed by atoms with E-state index in [1.165, 1.54) is 56.1 Å². The van der Waals surface area contributed by atoms with Crippen molar-refractivity contribution in [1.82, 2.24) is 5.32 Å². The number of allylic oxidation sites excluding steroid dienone is 14. The SMILES string of the molecule is CC1=CC2=C(Cc3ccc(-c4ccc(N(C5=CCC6(C)CNC(C)(C/C=C\S)C6=C5)C5=CC=CCC5)cc4)cc32)C2C=CC=CC12. The molecule has 232 valence electrons. The van der Waals surface area contributed by atoms with Crippen LogP contribution < -0.4 is 10.2 Å². The summed E-state index contributed by atoms with van der Waals surface area (Å²) in [5, 5.41) is 5.74. The molecule has 0 radical (unpaired) electrons. The van der Waals surface area contributed by atoms with Crippen molar-refractivity contribution in [2.45, 2.75) is 58.4 Å². The standard InChI is InChI=1S/C43H44N2S/c1-29-24-39-38-25-31(14-15-32(38)26-40(39)37-13-8-7-12-36(29)37)30-16-18-34(19-17-30)45(33-10-5-4-6-11-33)35-20-22-42(2)28-44-43(3,21-9-23-46)41(42)27-35/h4-5,7-10,12-20,23-25,27,36-37,44,46H,6,11,21-22,26,28H2,1-3H3/b23-9-. The van der Waals surface area contributed by atoms with Crippen molar-refractivity contribution in [3.63, 3.8) is 0 Å². The van der Waals surface area contributed by atoms with Gasteiger partial charge in [-0.3, -0.25) is 0 Å². The molecule has 5 aliphatic carbocycles. The van der Waals surface area contributed by atoms with Gasteiger partial charge in [-0.2, -0.15) is 12.6 Å². The van der Waals surface area contributed by atoms with Gasteiger partial charge in [-0.05, 0) is 115 Å². The van der Waals surface area contributed by atoms with Gasteiger partial charge in [-0.15, -0.1) is 0 Å². The van der Waals surface area contributed by atoms with E-state index in [1.807, 2.05) is 5.41 Å². The second kappa shape index (κ2) is 11.5. The lowest BCUT2D eigenvalue weighted by molar-refractivity contribution is 0.435. The van der Waals surface area contributed by atoms with E-state index in [0.29, 0.717) is 11.8 Å². The van der Waals surface area contributed by atoms with Gasteiger partial charge in [0.1, 0.15) is 0 Å². The van der Waals surface area contributed by atoms with E-state index >= 15 is 0 Å². The van der Waals surface area contributed by atoms with Crippen LogP contribution in [-0.2, 0) is 6.42 Å². The molecular weight excluding hydrogens is 577 g/mol. The molecule has 1 saturated heterocycles. The van der Waals surface area contributed by atoms with Crippen LogP contribution in [0.1, 0.15) is 57.6 Å². The molecule has 0 spiro atoms. The van der Waals surface area contributed by atoms with Gasteiger partial charge in [0, 0.05) is 46.4 Å². The molecule has 1 N–H and O–H groups in total. The zero-order valence-corrected chi connectivity index (χ0v) is 28.2. The summed E-state index contributed by atoms with van der Waals surface area (Å²) < 4.78 is 0. The summed E-state index contributed by atoms with van der Waals surface area (Å²) >= 11 is 4.36. The largest absolute Gasteiger partial charge is 0.315 e. The van der Waals surface area contributed by atoms with Crippen molar-refractivity contribution in [3.05, 3.63) is 154 Å². The molecule has 0 amide bonds. The van der Waals surface area contributed by atoms with Crippen LogP contribution in [0.15, 0.2) is 143 Å². The molecule has 46 heavy (non-hydrogen) atoms. The summed E-state index contributed by atoms with van der Waals surface area (Å²) in [5.74, 6) is 1.00. The fourth-order valence-corrected chi connectivity index (χ4v) is 8.89. The van der Waals surface area contributed by atoms with Gasteiger partial charge in [0.2, 0.25) is 0 Å². The number of thiol groups is 1. The number of rotatable bonds is 6. The molecule has 0 saturated carbocycles. The molecule has 1 fully saturated rings. The highest BCUT2D eigenvalue weighted by Gasteiger charge is 2.47. The number of anilines is 1. The van der Waals surface area contributed by atoms with E-state index in [-0.39, 0.29) is 11.0 Å². The van der Waals surface area contributed by atoms with Crippen LogP contribution in [-0.4, -0.2) is 12.1 Å². The Balaban J connectivity index is 1.13. The maximum atomic E-state index is 4.36. The average Bonchev–Trinajstić information content (AvgIpc) is 3.59. The number of fused-ring (bicyclic) bond motifs is 5. The molecule has 6 aliphatic rings. The fourth-order valence-electron chi connectivity index (χ4n) is 8.79. The maximum Gasteiger partial charge on any atom is 0.0458 e. The maximum absolute atomic E-state index is 4.36. The number of hydrogen-bond acceptors (Lipinski definition) is 3. The molecule has 2 nitrogen and oxygen atoms in total. The minimum absolute atomic E-state index is 0.0658. The predicted molar refractivity (Wildman–Crippen MR) is 198 cm³/mol. The molecule has 3 heteroatoms. The van der Waals surface area contributed by atoms with E-state index in [2.05, 4.69) is 153 Å². The van der Waals surface area contributed by atoms with Crippen molar-refractivity contribution in [2.75, 3.05) is 11.4 Å². The first-order valence-corrected chi connectivity index (χ1v) is 17.5. The molecule has 8 rings (SSSR count). The Labute approximate surface area is 280 Å². The summed E-state index contributed by atoms with van der Waals surface area (Å²) in [6, 6.07) is 16.4. The van der Waals surface area contributed by atoms with Gasteiger partial charge >= 0.3 is 0 Å². The monoisotopic (exact) mass is 620 g/mol. The Morgan fingerprint density at radius 1 is 0.978 bits per heavy atom. The van der Waals surface area contributed by atoms with E-state index in [1.54, 1.807) is 5.57 Å². The molecular formula is C43H44N2S. The smallest absolute Gasteiger partial charge is 0.0458 e. The van der Waals surface area contributed by atoms with Crippen LogP contribution in [0.3, 0.4) is 0 Å². The zero-order chi connectivity index (χ0) is 31.5. The molecule has 1 aliphatic heterocycles. The first-order chi connectivity index (χ1) is 22.4. The fraction of sp³-hybridized carbons (Fsp3) is 0.302. The summed E-state index contributed by atoms with van der Waals surface area (Å²) in [6.45, 7) is 8.07. The zero-order valence-electron chi connectivity index (χ0n) is 27.3. The second-order valence-electron chi connectivity index (χ2n) is 14.4. The Kier molecular flexibility index (Phi) is 7.38. The number of nitrogens with zero attached hydrogens (tertiary/aromatic N) is 1. The van der Waals surface area contributed by atoms with E-state index < -0.39 is 0 Å². The lowest BCUT2D eigenvalue weighted by atomic mass is 9.71. The van der Waals surface area contributed by atoms with Crippen molar-refractivity contribution in [2.24, 2.45) is 17.3 Å². The summed E-state index contributed by atoms with van der Waals surface area (Å²) in [4.78, 5) is 2.50. The van der Waals surface area contributed by atoms with Gasteiger partial charge in [0.25, 0.3) is 0 Å². The Morgan fingerprint density at radius 2 is 1.78 bits per heavy atom. The van der Waals surface area contributed by atoms with Crippen molar-refractivity contribution >= 4 is 23.9 Å². The van der Waals surface area contributed by atoms with E-state index in [4.69, 9.17) is 0 Å². The van der Waals surface area contributed by atoms with Gasteiger partial charge in [-0.25, -0.2) is 0 Å². The first-order valence-electron chi connectivity index (χ1n) is 17.0. The van der Waals surface area contributed by atoms with E-state index in [9.17, 15) is 0 Å². The molecule has 0 bridgehead atoms. The highest BCUT2D eigenvalue weighted by atomic mass is 32.1. The van der Waals surface area contributed by atoms with Crippen LogP contribution in [0.5, 0.6) is 0 Å². The minimum Gasteiger partial charge on any atom is -0.315 e. The van der Waals surface area contributed by atoms with Gasteiger partial charge in [0.05, 0.1) is 0 Å². The number of hydrogen-bond donors (Lipinski definition) is 2. The summed E-state index contributed by atoms with van der Waals surface area (Å²) in [7, 11) is 0. The third-order valence-electron chi connectivity index (χ3n) is 11.4. The van der Waals surface area contributed by atoms with Gasteiger partial charge in [-0.1, -0.05) is 97.0 Å². The highest BCUT2D eigenvalue weighted by molar-refractivity contribution is 7.83. The molecule has 2 aromatic carbocycles. The number of benzene rings is 2. The molecule has 2 aromatic rings. The predicted octanol–water partition coefficient (Wildman–Crippen LogP) is 10.4. The normalized spacial score (nSPS) is 29.1. The van der Waals surface area contributed by atoms with Gasteiger partial charge in [0.15, 0.2) is 0 Å². The third kappa shape index (κ3) is 4.91. The quantitative estimate of drug-likeness (QED) is 0.313. The van der Waals surface area contributed by atoms with Crippen LogP contribution in [0.4, 0.5) is 5.69 Å². The third-order valence-corrected chi connectivity index (χ3v) is 11.6. The van der Waals surface area contributed by atoms with Crippen LogP contribution in [0, 0.1) is 17.3 Å².